The van der Waals surface area contributed by atoms with E-state index in [2.05, 4.69) is 0 Å². The summed E-state index contributed by atoms with van der Waals surface area (Å²) in [7, 11) is 1.38. The Morgan fingerprint density at radius 3 is 2.59 bits per heavy atom. The number of nitrogens with zero attached hydrogens (tertiary/aromatic N) is 1. The third-order valence-electron chi connectivity index (χ3n) is 3.94. The summed E-state index contributed by atoms with van der Waals surface area (Å²) >= 11 is 5.65. The second-order valence-electron chi connectivity index (χ2n) is 6.31. The Kier molecular flexibility index (Phi) is 4.66. The first-order valence-electron chi connectivity index (χ1n) is 7.27. The Labute approximate surface area is 136 Å². The minimum absolute atomic E-state index is 0.0782. The van der Waals surface area contributed by atoms with Gasteiger partial charge in [0.1, 0.15) is 11.8 Å². The van der Waals surface area contributed by atoms with E-state index in [1.54, 1.807) is 6.92 Å². The number of hydrogen-bond acceptors (Lipinski definition) is 4. The van der Waals surface area contributed by atoms with Gasteiger partial charge in [0.25, 0.3) is 0 Å². The number of hydrogen-bond donors (Lipinski definition) is 0. The fourth-order valence-corrected chi connectivity index (χ4v) is 3.28. The molecular weight excluding hydrogens is 298 g/mol. The molecule has 0 amide bonds. The molecule has 0 saturated heterocycles. The monoisotopic (exact) mass is 319 g/mol. The van der Waals surface area contributed by atoms with Crippen molar-refractivity contribution in [2.24, 2.45) is 5.41 Å². The maximum Gasteiger partial charge on any atom is 0.329 e. The van der Waals surface area contributed by atoms with E-state index < -0.39 is 11.5 Å². The number of methoxy groups -OCH3 is 1. The van der Waals surface area contributed by atoms with Crippen LogP contribution in [-0.2, 0) is 20.7 Å². The summed E-state index contributed by atoms with van der Waals surface area (Å²) in [5, 5.41) is 0. The molecule has 1 unspecified atom stereocenters. The van der Waals surface area contributed by atoms with Gasteiger partial charge in [-0.25, -0.2) is 4.79 Å². The maximum absolute atomic E-state index is 12.2. The first-order valence-corrected chi connectivity index (χ1v) is 7.67. The van der Waals surface area contributed by atoms with Crippen LogP contribution in [-0.4, -0.2) is 29.9 Å². The summed E-state index contributed by atoms with van der Waals surface area (Å²) in [6.07, 6.45) is 0.914. The molecule has 1 aliphatic rings. The highest BCUT2D eigenvalue weighted by Crippen LogP contribution is 2.37. The molecule has 1 heterocycles. The Morgan fingerprint density at radius 2 is 2.00 bits per heavy atom. The normalized spacial score (nSPS) is 17.1. The van der Waals surface area contributed by atoms with Crippen molar-refractivity contribution < 1.29 is 14.3 Å². The van der Waals surface area contributed by atoms with E-state index in [-0.39, 0.29) is 11.8 Å². The maximum atomic E-state index is 12.2. The van der Waals surface area contributed by atoms with Crippen LogP contribution in [0.15, 0.2) is 24.3 Å². The van der Waals surface area contributed by atoms with Crippen LogP contribution in [0.4, 0.5) is 5.69 Å². The topological polar surface area (TPSA) is 46.6 Å². The molecule has 0 N–H and O–H groups in total. The number of ether oxygens (including phenoxy) is 1. The third-order valence-corrected chi connectivity index (χ3v) is 4.69. The third kappa shape index (κ3) is 3.04. The predicted molar refractivity (Wildman–Crippen MR) is 90.1 cm³/mol. The van der Waals surface area contributed by atoms with Gasteiger partial charge in [-0.05, 0) is 18.6 Å². The van der Waals surface area contributed by atoms with E-state index >= 15 is 0 Å². The molecule has 0 saturated carbocycles. The van der Waals surface area contributed by atoms with Gasteiger partial charge in [-0.15, -0.1) is 0 Å². The molecule has 5 heteroatoms. The van der Waals surface area contributed by atoms with Crippen molar-refractivity contribution in [1.82, 2.24) is 0 Å². The fourth-order valence-electron chi connectivity index (χ4n) is 2.99. The number of para-hydroxylation sites is 1. The molecule has 0 bridgehead atoms. The number of carbonyl (C=O) groups is 2. The molecule has 22 heavy (non-hydrogen) atoms. The SMILES string of the molecule is COC(=O)C1Cc2ccccc2N1C(=S)C(C)(C)CC(C)=O. The number of carbonyl (C=O) groups excluding carboxylic acids is 2. The van der Waals surface area contributed by atoms with Gasteiger partial charge >= 0.3 is 5.97 Å². The molecular formula is C17H21NO3S. The van der Waals surface area contributed by atoms with Crippen LogP contribution in [0.5, 0.6) is 0 Å². The zero-order chi connectivity index (χ0) is 16.5. The van der Waals surface area contributed by atoms with Gasteiger partial charge in [-0.3, -0.25) is 4.79 Å². The van der Waals surface area contributed by atoms with Gasteiger partial charge in [0.05, 0.1) is 12.1 Å². The van der Waals surface area contributed by atoms with Crippen LogP contribution in [0, 0.1) is 5.41 Å². The first kappa shape index (κ1) is 16.6. The number of thiocarbonyl (C=S) groups is 1. The molecule has 2 rings (SSSR count). The van der Waals surface area contributed by atoms with Crippen molar-refractivity contribution in [2.75, 3.05) is 12.0 Å². The minimum Gasteiger partial charge on any atom is -0.467 e. The lowest BCUT2D eigenvalue weighted by molar-refractivity contribution is -0.141. The van der Waals surface area contributed by atoms with Gasteiger partial charge in [-0.2, -0.15) is 0 Å². The number of ketones is 1. The quantitative estimate of drug-likeness (QED) is 0.631. The molecule has 0 fully saturated rings. The Hall–Kier alpha value is -1.75. The lowest BCUT2D eigenvalue weighted by atomic mass is 9.86. The highest BCUT2D eigenvalue weighted by atomic mass is 32.1. The van der Waals surface area contributed by atoms with E-state index in [0.29, 0.717) is 17.8 Å². The van der Waals surface area contributed by atoms with Crippen LogP contribution >= 0.6 is 12.2 Å². The number of anilines is 1. The summed E-state index contributed by atoms with van der Waals surface area (Å²) in [5.41, 5.74) is 1.50. The zero-order valence-electron chi connectivity index (χ0n) is 13.4. The smallest absolute Gasteiger partial charge is 0.329 e. The van der Waals surface area contributed by atoms with Crippen molar-refractivity contribution in [3.8, 4) is 0 Å². The second kappa shape index (κ2) is 6.16. The molecule has 0 aliphatic carbocycles. The zero-order valence-corrected chi connectivity index (χ0v) is 14.2. The summed E-state index contributed by atoms with van der Waals surface area (Å²) in [5.74, 6) is -0.230. The fraction of sp³-hybridized carbons (Fsp3) is 0.471. The van der Waals surface area contributed by atoms with Gasteiger partial charge in [0.15, 0.2) is 0 Å². The predicted octanol–water partition coefficient (Wildman–Crippen LogP) is 2.92. The van der Waals surface area contributed by atoms with Crippen molar-refractivity contribution in [3.05, 3.63) is 29.8 Å². The van der Waals surface area contributed by atoms with Crippen LogP contribution in [0.25, 0.3) is 0 Å². The van der Waals surface area contributed by atoms with Crippen LogP contribution in [0.2, 0.25) is 0 Å². The minimum atomic E-state index is -0.495. The van der Waals surface area contributed by atoms with Gasteiger partial charge in [0, 0.05) is 23.9 Å². The average Bonchev–Trinajstić information content (AvgIpc) is 2.83. The Morgan fingerprint density at radius 1 is 1.36 bits per heavy atom. The van der Waals surface area contributed by atoms with Gasteiger partial charge < -0.3 is 9.64 Å². The molecule has 0 spiro atoms. The van der Waals surface area contributed by atoms with Gasteiger partial charge in [-0.1, -0.05) is 44.3 Å². The lowest BCUT2D eigenvalue weighted by Gasteiger charge is -2.35. The van der Waals surface area contributed by atoms with E-state index in [9.17, 15) is 9.59 Å². The molecule has 1 aromatic carbocycles. The van der Waals surface area contributed by atoms with E-state index in [4.69, 9.17) is 17.0 Å². The largest absolute Gasteiger partial charge is 0.467 e. The summed E-state index contributed by atoms with van der Waals surface area (Å²) < 4.78 is 4.93. The number of benzene rings is 1. The second-order valence-corrected chi connectivity index (χ2v) is 6.70. The van der Waals surface area contributed by atoms with Gasteiger partial charge in [0.2, 0.25) is 0 Å². The molecule has 0 aromatic heterocycles. The summed E-state index contributed by atoms with van der Waals surface area (Å²) in [4.78, 5) is 26.1. The van der Waals surface area contributed by atoms with Crippen molar-refractivity contribution in [2.45, 2.75) is 39.7 Å². The number of fused-ring (bicyclic) bond motifs is 1. The van der Waals surface area contributed by atoms with Crippen molar-refractivity contribution >= 4 is 34.6 Å². The highest BCUT2D eigenvalue weighted by molar-refractivity contribution is 7.80. The molecule has 1 atom stereocenters. The standard InChI is InChI=1S/C17H21NO3S/c1-11(19)10-17(2,3)16(22)18-13-8-6-5-7-12(13)9-14(18)15(20)21-4/h5-8,14H,9-10H2,1-4H3. The highest BCUT2D eigenvalue weighted by Gasteiger charge is 2.41. The van der Waals surface area contributed by atoms with E-state index in [1.807, 2.05) is 43.0 Å². The molecule has 1 aliphatic heterocycles. The van der Waals surface area contributed by atoms with E-state index in [0.717, 1.165) is 11.3 Å². The molecule has 1 aromatic rings. The summed E-state index contributed by atoms with van der Waals surface area (Å²) in [6, 6.07) is 7.36. The summed E-state index contributed by atoms with van der Waals surface area (Å²) in [6.45, 7) is 5.43. The number of Topliss-reactive ketones (excluding diaryl/α,β-unsaturated/α-hetero) is 1. The number of esters is 1. The number of rotatable bonds is 4. The van der Waals surface area contributed by atoms with Crippen LogP contribution in [0.3, 0.4) is 0 Å². The lowest BCUT2D eigenvalue weighted by Crippen LogP contribution is -2.48. The molecule has 0 radical (unpaired) electrons. The van der Waals surface area contributed by atoms with E-state index in [1.165, 1.54) is 7.11 Å². The average molecular weight is 319 g/mol. The van der Waals surface area contributed by atoms with Crippen LogP contribution in [0.1, 0.15) is 32.8 Å². The Bertz CT molecular complexity index is 624. The van der Waals surface area contributed by atoms with Crippen LogP contribution < -0.4 is 4.90 Å². The Balaban J connectivity index is 2.41. The molecule has 118 valence electrons. The van der Waals surface area contributed by atoms with Crippen molar-refractivity contribution in [3.63, 3.8) is 0 Å². The first-order chi connectivity index (χ1) is 10.3. The van der Waals surface area contributed by atoms with Crippen molar-refractivity contribution in [1.29, 1.82) is 0 Å². The molecule has 4 nitrogen and oxygen atoms in total.